The molecule has 0 saturated heterocycles. The molecule has 0 aliphatic carbocycles. The van der Waals surface area contributed by atoms with Crippen LogP contribution in [0.5, 0.6) is 0 Å². The standard InChI is InChI=1S/C12H10N4/c1-9(10-5-3-2-4-6-10)16-12(8-14)11(15)7-13/h2-6H,15H2,1H3/b12-11-,16-9?. The topological polar surface area (TPSA) is 86.0 Å². The molecule has 0 atom stereocenters. The lowest BCUT2D eigenvalue weighted by atomic mass is 10.1. The number of rotatable bonds is 2. The van der Waals surface area contributed by atoms with Crippen LogP contribution in [0.4, 0.5) is 0 Å². The lowest BCUT2D eigenvalue weighted by Crippen LogP contribution is -2.01. The van der Waals surface area contributed by atoms with Gasteiger partial charge < -0.3 is 5.73 Å². The van der Waals surface area contributed by atoms with E-state index in [0.29, 0.717) is 5.71 Å². The third-order valence-electron chi connectivity index (χ3n) is 1.95. The first-order chi connectivity index (χ1) is 7.69. The van der Waals surface area contributed by atoms with Gasteiger partial charge in [0.1, 0.15) is 17.8 Å². The smallest absolute Gasteiger partial charge is 0.174 e. The van der Waals surface area contributed by atoms with Crippen molar-refractivity contribution in [3.05, 3.63) is 47.3 Å². The van der Waals surface area contributed by atoms with E-state index in [2.05, 4.69) is 4.99 Å². The maximum absolute atomic E-state index is 8.78. The number of hydrogen-bond donors (Lipinski definition) is 1. The van der Waals surface area contributed by atoms with Crippen LogP contribution in [0.2, 0.25) is 0 Å². The molecule has 1 aromatic carbocycles. The number of aliphatic imine (C=N–C) groups is 1. The van der Waals surface area contributed by atoms with E-state index in [4.69, 9.17) is 16.3 Å². The molecule has 16 heavy (non-hydrogen) atoms. The molecule has 78 valence electrons. The number of allylic oxidation sites excluding steroid dienone is 2. The summed E-state index contributed by atoms with van der Waals surface area (Å²) in [5.41, 5.74) is 6.66. The fraction of sp³-hybridized carbons (Fsp3) is 0.0833. The maximum Gasteiger partial charge on any atom is 0.174 e. The van der Waals surface area contributed by atoms with Crippen molar-refractivity contribution in [1.82, 2.24) is 0 Å². The van der Waals surface area contributed by atoms with Crippen LogP contribution >= 0.6 is 0 Å². The minimum absolute atomic E-state index is 0.0520. The van der Waals surface area contributed by atoms with Crippen molar-refractivity contribution < 1.29 is 0 Å². The first kappa shape index (κ1) is 11.5. The highest BCUT2D eigenvalue weighted by Crippen LogP contribution is 2.06. The van der Waals surface area contributed by atoms with Crippen molar-refractivity contribution in [3.63, 3.8) is 0 Å². The predicted molar refractivity (Wildman–Crippen MR) is 61.1 cm³/mol. The molecule has 0 aliphatic heterocycles. The van der Waals surface area contributed by atoms with Crippen LogP contribution in [-0.2, 0) is 0 Å². The second-order valence-corrected chi connectivity index (χ2v) is 3.05. The van der Waals surface area contributed by atoms with Gasteiger partial charge in [0, 0.05) is 5.71 Å². The molecule has 1 rings (SSSR count). The molecule has 0 spiro atoms. The zero-order chi connectivity index (χ0) is 12.0. The third-order valence-corrected chi connectivity index (χ3v) is 1.95. The fourth-order valence-electron chi connectivity index (χ4n) is 1.11. The summed E-state index contributed by atoms with van der Waals surface area (Å²) in [6.45, 7) is 1.76. The maximum atomic E-state index is 8.78. The van der Waals surface area contributed by atoms with Gasteiger partial charge in [-0.2, -0.15) is 10.5 Å². The summed E-state index contributed by atoms with van der Waals surface area (Å²) in [4.78, 5) is 4.02. The van der Waals surface area contributed by atoms with E-state index in [1.807, 2.05) is 30.3 Å². The molecule has 0 aromatic heterocycles. The second kappa shape index (κ2) is 5.33. The van der Waals surface area contributed by atoms with Gasteiger partial charge in [-0.05, 0) is 12.5 Å². The molecular weight excluding hydrogens is 200 g/mol. The van der Waals surface area contributed by atoms with E-state index in [1.165, 1.54) is 0 Å². The number of nitrogens with zero attached hydrogens (tertiary/aromatic N) is 3. The SMILES string of the molecule is CC(=N/C(C#N)=C(\N)C#N)c1ccccc1. The van der Waals surface area contributed by atoms with E-state index in [1.54, 1.807) is 19.1 Å². The van der Waals surface area contributed by atoms with Crippen LogP contribution in [0, 0.1) is 22.7 Å². The second-order valence-electron chi connectivity index (χ2n) is 3.05. The minimum atomic E-state index is -0.169. The predicted octanol–water partition coefficient (Wildman–Crippen LogP) is 1.71. The highest BCUT2D eigenvalue weighted by Gasteiger charge is 2.02. The normalized spacial score (nSPS) is 12.3. The highest BCUT2D eigenvalue weighted by molar-refractivity contribution is 5.99. The molecule has 0 heterocycles. The molecular formula is C12H10N4. The quantitative estimate of drug-likeness (QED) is 0.595. The summed E-state index contributed by atoms with van der Waals surface area (Å²) in [5.74, 6) is 0. The van der Waals surface area contributed by atoms with Crippen LogP contribution in [-0.4, -0.2) is 5.71 Å². The molecule has 0 fully saturated rings. The largest absolute Gasteiger partial charge is 0.388 e. The minimum Gasteiger partial charge on any atom is -0.388 e. The Hall–Kier alpha value is -2.59. The van der Waals surface area contributed by atoms with Gasteiger partial charge in [-0.25, -0.2) is 4.99 Å². The Morgan fingerprint density at radius 1 is 1.19 bits per heavy atom. The van der Waals surface area contributed by atoms with Crippen LogP contribution in [0.25, 0.3) is 0 Å². The molecule has 0 aliphatic rings. The van der Waals surface area contributed by atoms with Crippen LogP contribution in [0.1, 0.15) is 12.5 Å². The van der Waals surface area contributed by atoms with Crippen molar-refractivity contribution in [2.24, 2.45) is 10.7 Å². The van der Waals surface area contributed by atoms with Crippen molar-refractivity contribution in [3.8, 4) is 12.1 Å². The zero-order valence-electron chi connectivity index (χ0n) is 8.81. The lowest BCUT2D eigenvalue weighted by molar-refractivity contribution is 1.26. The third kappa shape index (κ3) is 2.70. The summed E-state index contributed by atoms with van der Waals surface area (Å²) in [6.07, 6.45) is 0. The first-order valence-electron chi connectivity index (χ1n) is 4.59. The van der Waals surface area contributed by atoms with Crippen molar-refractivity contribution in [1.29, 1.82) is 10.5 Å². The first-order valence-corrected chi connectivity index (χ1v) is 4.59. The van der Waals surface area contributed by atoms with Gasteiger partial charge >= 0.3 is 0 Å². The highest BCUT2D eigenvalue weighted by atomic mass is 14.8. The van der Waals surface area contributed by atoms with Crippen molar-refractivity contribution >= 4 is 5.71 Å². The molecule has 0 radical (unpaired) electrons. The van der Waals surface area contributed by atoms with E-state index >= 15 is 0 Å². The molecule has 0 bridgehead atoms. The Balaban J connectivity index is 3.13. The number of nitriles is 2. The molecule has 4 heteroatoms. The van der Waals surface area contributed by atoms with Gasteiger partial charge in [0.25, 0.3) is 0 Å². The van der Waals surface area contributed by atoms with E-state index in [9.17, 15) is 0 Å². The molecule has 2 N–H and O–H groups in total. The van der Waals surface area contributed by atoms with Crippen molar-refractivity contribution in [2.45, 2.75) is 6.92 Å². The average molecular weight is 210 g/mol. The van der Waals surface area contributed by atoms with Gasteiger partial charge in [-0.15, -0.1) is 0 Å². The monoisotopic (exact) mass is 210 g/mol. The Labute approximate surface area is 94.0 Å². The molecule has 4 nitrogen and oxygen atoms in total. The van der Waals surface area contributed by atoms with Crippen LogP contribution < -0.4 is 5.73 Å². The molecule has 1 aromatic rings. The van der Waals surface area contributed by atoms with Crippen LogP contribution in [0.3, 0.4) is 0 Å². The Morgan fingerprint density at radius 2 is 1.81 bits per heavy atom. The lowest BCUT2D eigenvalue weighted by Gasteiger charge is -1.99. The fourth-order valence-corrected chi connectivity index (χ4v) is 1.11. The summed E-state index contributed by atoms with van der Waals surface area (Å²) >= 11 is 0. The van der Waals surface area contributed by atoms with Crippen molar-refractivity contribution in [2.75, 3.05) is 0 Å². The van der Waals surface area contributed by atoms with Gasteiger partial charge in [0.2, 0.25) is 0 Å². The summed E-state index contributed by atoms with van der Waals surface area (Å²) in [6, 6.07) is 12.9. The summed E-state index contributed by atoms with van der Waals surface area (Å²) in [5, 5.41) is 17.3. The number of hydrogen-bond acceptors (Lipinski definition) is 4. The van der Waals surface area contributed by atoms with Crippen LogP contribution in [0.15, 0.2) is 46.7 Å². The van der Waals surface area contributed by atoms with Gasteiger partial charge in [0.05, 0.1) is 0 Å². The summed E-state index contributed by atoms with van der Waals surface area (Å²) < 4.78 is 0. The van der Waals surface area contributed by atoms with E-state index in [0.717, 1.165) is 5.56 Å². The molecule has 0 unspecified atom stereocenters. The number of benzene rings is 1. The Morgan fingerprint density at radius 3 is 2.31 bits per heavy atom. The molecule has 0 amide bonds. The summed E-state index contributed by atoms with van der Waals surface area (Å²) in [7, 11) is 0. The van der Waals surface area contributed by atoms with Gasteiger partial charge in [-0.3, -0.25) is 0 Å². The Bertz CT molecular complexity index is 512. The van der Waals surface area contributed by atoms with E-state index in [-0.39, 0.29) is 11.4 Å². The Kier molecular flexibility index (Phi) is 3.83. The number of nitrogens with two attached hydrogens (primary N) is 1. The van der Waals surface area contributed by atoms with Gasteiger partial charge in [0.15, 0.2) is 5.70 Å². The van der Waals surface area contributed by atoms with E-state index < -0.39 is 0 Å². The average Bonchev–Trinajstić information content (AvgIpc) is 2.35. The van der Waals surface area contributed by atoms with Gasteiger partial charge in [-0.1, -0.05) is 30.3 Å². The zero-order valence-corrected chi connectivity index (χ0v) is 8.81. The molecule has 0 saturated carbocycles.